The average Bonchev–Trinajstić information content (AvgIpc) is 3.20. The van der Waals surface area contributed by atoms with Gasteiger partial charge in [-0.15, -0.1) is 0 Å². The zero-order chi connectivity index (χ0) is 20.9. The molecule has 6 nitrogen and oxygen atoms in total. The van der Waals surface area contributed by atoms with Gasteiger partial charge in [-0.3, -0.25) is 10.1 Å². The third kappa shape index (κ3) is 4.18. The number of non-ortho nitro benzene ring substituents is 1. The third-order valence-electron chi connectivity index (χ3n) is 5.25. The minimum Gasteiger partial charge on any atom is -0.380 e. The normalized spacial score (nSPS) is 14.0. The van der Waals surface area contributed by atoms with Crippen molar-refractivity contribution in [1.82, 2.24) is 5.32 Å². The fraction of sp³-hybridized carbons (Fsp3) is 0.167. The standard InChI is InChI=1S/C24H24N4O2/c1-25-14-13-17-7-9-19(10-8-17)27-24(18-5-3-2-4-6-18)22-16-26-23-12-11-20(28(29)30)15-21(22)23/h2-12,15,25-27H,13-14,16H2,1H3/b24-22+. The van der Waals surface area contributed by atoms with Crippen LogP contribution in [-0.2, 0) is 6.42 Å². The summed E-state index contributed by atoms with van der Waals surface area (Å²) in [4.78, 5) is 10.9. The quantitative estimate of drug-likeness (QED) is 0.394. The first-order valence-corrected chi connectivity index (χ1v) is 9.97. The second-order valence-corrected chi connectivity index (χ2v) is 7.24. The molecule has 0 aromatic heterocycles. The van der Waals surface area contributed by atoms with Crippen molar-refractivity contribution >= 4 is 28.3 Å². The van der Waals surface area contributed by atoms with Crippen molar-refractivity contribution in [2.45, 2.75) is 6.42 Å². The molecule has 0 saturated heterocycles. The van der Waals surface area contributed by atoms with Crippen molar-refractivity contribution in [2.24, 2.45) is 0 Å². The Morgan fingerprint density at radius 1 is 1.07 bits per heavy atom. The lowest BCUT2D eigenvalue weighted by Gasteiger charge is -2.16. The maximum atomic E-state index is 11.3. The van der Waals surface area contributed by atoms with Gasteiger partial charge in [0.25, 0.3) is 5.69 Å². The molecule has 3 N–H and O–H groups in total. The summed E-state index contributed by atoms with van der Waals surface area (Å²) in [5.41, 5.74) is 7.11. The van der Waals surface area contributed by atoms with E-state index in [2.05, 4.69) is 40.2 Å². The lowest BCUT2D eigenvalue weighted by Crippen LogP contribution is -2.10. The Hall–Kier alpha value is -3.64. The summed E-state index contributed by atoms with van der Waals surface area (Å²) < 4.78 is 0. The number of nitrogens with one attached hydrogen (secondary N) is 3. The summed E-state index contributed by atoms with van der Waals surface area (Å²) in [5.74, 6) is 0. The van der Waals surface area contributed by atoms with E-state index < -0.39 is 0 Å². The van der Waals surface area contributed by atoms with E-state index in [0.29, 0.717) is 6.54 Å². The number of nitro groups is 1. The van der Waals surface area contributed by atoms with Crippen molar-refractivity contribution < 1.29 is 4.92 Å². The van der Waals surface area contributed by atoms with Crippen LogP contribution in [0.5, 0.6) is 0 Å². The largest absolute Gasteiger partial charge is 0.380 e. The van der Waals surface area contributed by atoms with Crippen molar-refractivity contribution in [2.75, 3.05) is 30.8 Å². The van der Waals surface area contributed by atoms with Crippen LogP contribution in [0.15, 0.2) is 72.8 Å². The van der Waals surface area contributed by atoms with E-state index in [1.165, 1.54) is 11.6 Å². The maximum absolute atomic E-state index is 11.3. The molecule has 0 unspecified atom stereocenters. The first-order chi connectivity index (χ1) is 14.7. The van der Waals surface area contributed by atoms with Gasteiger partial charge in [-0.2, -0.15) is 0 Å². The molecule has 3 aromatic carbocycles. The molecule has 1 aliphatic heterocycles. The van der Waals surface area contributed by atoms with E-state index in [0.717, 1.165) is 46.7 Å². The molecule has 0 radical (unpaired) electrons. The molecule has 1 aliphatic rings. The van der Waals surface area contributed by atoms with Crippen LogP contribution in [0.3, 0.4) is 0 Å². The molecule has 0 spiro atoms. The second kappa shape index (κ2) is 8.80. The van der Waals surface area contributed by atoms with E-state index in [1.807, 2.05) is 37.4 Å². The predicted octanol–water partition coefficient (Wildman–Crippen LogP) is 4.76. The number of benzene rings is 3. The first-order valence-electron chi connectivity index (χ1n) is 9.97. The smallest absolute Gasteiger partial charge is 0.270 e. The molecule has 0 aliphatic carbocycles. The van der Waals surface area contributed by atoms with Gasteiger partial charge in [-0.25, -0.2) is 0 Å². The van der Waals surface area contributed by atoms with Crippen LogP contribution in [0.4, 0.5) is 17.1 Å². The summed E-state index contributed by atoms with van der Waals surface area (Å²) >= 11 is 0. The van der Waals surface area contributed by atoms with Crippen LogP contribution in [0.1, 0.15) is 16.7 Å². The van der Waals surface area contributed by atoms with Crippen LogP contribution in [0, 0.1) is 10.1 Å². The molecule has 6 heteroatoms. The molecular formula is C24H24N4O2. The highest BCUT2D eigenvalue weighted by Crippen LogP contribution is 2.38. The average molecular weight is 400 g/mol. The predicted molar refractivity (Wildman–Crippen MR) is 123 cm³/mol. The van der Waals surface area contributed by atoms with Crippen LogP contribution in [-0.4, -0.2) is 25.1 Å². The number of hydrogen-bond donors (Lipinski definition) is 3. The van der Waals surface area contributed by atoms with Gasteiger partial charge >= 0.3 is 0 Å². The first kappa shape index (κ1) is 19.7. The van der Waals surface area contributed by atoms with Crippen molar-refractivity contribution in [3.8, 4) is 0 Å². The van der Waals surface area contributed by atoms with Gasteiger partial charge < -0.3 is 16.0 Å². The summed E-state index contributed by atoms with van der Waals surface area (Å²) in [6.07, 6.45) is 0.977. The van der Waals surface area contributed by atoms with Crippen LogP contribution in [0.25, 0.3) is 11.3 Å². The lowest BCUT2D eigenvalue weighted by atomic mass is 10.00. The molecule has 30 heavy (non-hydrogen) atoms. The van der Waals surface area contributed by atoms with Crippen LogP contribution in [0.2, 0.25) is 0 Å². The molecule has 0 fully saturated rings. The highest BCUT2D eigenvalue weighted by molar-refractivity contribution is 6.02. The molecule has 0 bridgehead atoms. The van der Waals surface area contributed by atoms with Crippen molar-refractivity contribution in [3.63, 3.8) is 0 Å². The Morgan fingerprint density at radius 2 is 1.83 bits per heavy atom. The monoisotopic (exact) mass is 400 g/mol. The van der Waals surface area contributed by atoms with E-state index >= 15 is 0 Å². The van der Waals surface area contributed by atoms with Gasteiger partial charge in [0.2, 0.25) is 0 Å². The lowest BCUT2D eigenvalue weighted by molar-refractivity contribution is -0.384. The highest BCUT2D eigenvalue weighted by atomic mass is 16.6. The van der Waals surface area contributed by atoms with Gasteiger partial charge in [0, 0.05) is 41.2 Å². The highest BCUT2D eigenvalue weighted by Gasteiger charge is 2.23. The van der Waals surface area contributed by atoms with Crippen LogP contribution >= 0.6 is 0 Å². The van der Waals surface area contributed by atoms with Gasteiger partial charge in [-0.1, -0.05) is 42.5 Å². The van der Waals surface area contributed by atoms with Crippen molar-refractivity contribution in [1.29, 1.82) is 0 Å². The number of rotatable bonds is 7. The van der Waals surface area contributed by atoms with E-state index in [1.54, 1.807) is 12.1 Å². The number of hydrogen-bond acceptors (Lipinski definition) is 5. The van der Waals surface area contributed by atoms with Gasteiger partial charge in [0.15, 0.2) is 0 Å². The van der Waals surface area contributed by atoms with Gasteiger partial charge in [0.1, 0.15) is 0 Å². The minimum absolute atomic E-state index is 0.0937. The number of likely N-dealkylation sites (N-methyl/N-ethyl adjacent to an activating group) is 1. The SMILES string of the molecule is CNCCc1ccc(N/C(=C2\CNc3ccc([N+](=O)[O-])cc32)c2ccccc2)cc1. The molecule has 0 amide bonds. The Morgan fingerprint density at radius 3 is 2.53 bits per heavy atom. The molecular weight excluding hydrogens is 376 g/mol. The Labute approximate surface area is 175 Å². The third-order valence-corrected chi connectivity index (χ3v) is 5.25. The number of nitro benzene ring substituents is 1. The molecule has 152 valence electrons. The van der Waals surface area contributed by atoms with Gasteiger partial charge in [0.05, 0.1) is 10.6 Å². The summed E-state index contributed by atoms with van der Waals surface area (Å²) in [6, 6.07) is 23.4. The minimum atomic E-state index is -0.351. The molecule has 1 heterocycles. The zero-order valence-corrected chi connectivity index (χ0v) is 16.8. The Kier molecular flexibility index (Phi) is 5.77. The molecule has 4 rings (SSSR count). The molecule has 0 atom stereocenters. The van der Waals surface area contributed by atoms with E-state index in [-0.39, 0.29) is 10.6 Å². The fourth-order valence-corrected chi connectivity index (χ4v) is 3.65. The maximum Gasteiger partial charge on any atom is 0.270 e. The Bertz CT molecular complexity index is 1080. The number of fused-ring (bicyclic) bond motifs is 1. The van der Waals surface area contributed by atoms with Gasteiger partial charge in [-0.05, 0) is 49.3 Å². The summed E-state index contributed by atoms with van der Waals surface area (Å²) in [5, 5.41) is 21.4. The van der Waals surface area contributed by atoms with Crippen LogP contribution < -0.4 is 16.0 Å². The zero-order valence-electron chi connectivity index (χ0n) is 16.8. The summed E-state index contributed by atoms with van der Waals surface area (Å²) in [6.45, 7) is 1.54. The second-order valence-electron chi connectivity index (χ2n) is 7.24. The number of nitrogens with zero attached hydrogens (tertiary/aromatic N) is 1. The molecule has 3 aromatic rings. The number of anilines is 2. The fourth-order valence-electron chi connectivity index (χ4n) is 3.65. The topological polar surface area (TPSA) is 79.2 Å². The van der Waals surface area contributed by atoms with Crippen molar-refractivity contribution in [3.05, 3.63) is 99.6 Å². The molecule has 0 saturated carbocycles. The summed E-state index contributed by atoms with van der Waals surface area (Å²) in [7, 11) is 1.95. The van der Waals surface area contributed by atoms with E-state index in [4.69, 9.17) is 0 Å². The van der Waals surface area contributed by atoms with E-state index in [9.17, 15) is 10.1 Å². The Balaban J connectivity index is 1.74.